The third-order valence-corrected chi connectivity index (χ3v) is 3.34. The molecule has 1 aromatic rings. The SMILES string of the molecule is CC(c1ccccc1F)N(C)C(C)(C)C(=O)O. The molecule has 17 heavy (non-hydrogen) atoms. The van der Waals surface area contributed by atoms with Crippen LogP contribution in [0, 0.1) is 5.82 Å². The average molecular weight is 239 g/mol. The van der Waals surface area contributed by atoms with E-state index in [2.05, 4.69) is 0 Å². The molecular weight excluding hydrogens is 221 g/mol. The normalized spacial score (nSPS) is 13.8. The second kappa shape index (κ2) is 4.84. The lowest BCUT2D eigenvalue weighted by Crippen LogP contribution is -2.49. The summed E-state index contributed by atoms with van der Waals surface area (Å²) in [5, 5.41) is 9.14. The number of rotatable bonds is 4. The Balaban J connectivity index is 3.02. The second-order valence-corrected chi connectivity index (χ2v) is 4.67. The molecule has 0 aromatic heterocycles. The van der Waals surface area contributed by atoms with Crippen LogP contribution in [-0.4, -0.2) is 28.6 Å². The summed E-state index contributed by atoms with van der Waals surface area (Å²) in [5.74, 6) is -1.24. The average Bonchev–Trinajstić information content (AvgIpc) is 2.27. The maximum Gasteiger partial charge on any atom is 0.323 e. The maximum absolute atomic E-state index is 13.6. The van der Waals surface area contributed by atoms with Crippen molar-refractivity contribution in [1.82, 2.24) is 4.90 Å². The van der Waals surface area contributed by atoms with Gasteiger partial charge in [0.05, 0.1) is 0 Å². The quantitative estimate of drug-likeness (QED) is 0.878. The summed E-state index contributed by atoms with van der Waals surface area (Å²) in [6, 6.07) is 6.12. The van der Waals surface area contributed by atoms with Gasteiger partial charge >= 0.3 is 5.97 Å². The van der Waals surface area contributed by atoms with Gasteiger partial charge in [-0.3, -0.25) is 9.69 Å². The van der Waals surface area contributed by atoms with Crippen LogP contribution in [0.4, 0.5) is 4.39 Å². The van der Waals surface area contributed by atoms with Gasteiger partial charge in [0.1, 0.15) is 11.4 Å². The molecule has 3 nitrogen and oxygen atoms in total. The lowest BCUT2D eigenvalue weighted by Gasteiger charge is -2.36. The Hall–Kier alpha value is -1.42. The molecule has 0 heterocycles. The highest BCUT2D eigenvalue weighted by molar-refractivity contribution is 5.77. The van der Waals surface area contributed by atoms with Crippen molar-refractivity contribution in [3.63, 3.8) is 0 Å². The van der Waals surface area contributed by atoms with E-state index >= 15 is 0 Å². The van der Waals surface area contributed by atoms with Crippen molar-refractivity contribution >= 4 is 5.97 Å². The molecule has 0 radical (unpaired) electrons. The summed E-state index contributed by atoms with van der Waals surface area (Å²) in [6.45, 7) is 5.00. The van der Waals surface area contributed by atoms with Gasteiger partial charge in [0, 0.05) is 11.6 Å². The zero-order valence-corrected chi connectivity index (χ0v) is 10.6. The molecule has 1 rings (SSSR count). The van der Waals surface area contributed by atoms with Crippen LogP contribution in [0.15, 0.2) is 24.3 Å². The van der Waals surface area contributed by atoms with Gasteiger partial charge in [0.15, 0.2) is 0 Å². The number of nitrogens with zero attached hydrogens (tertiary/aromatic N) is 1. The van der Waals surface area contributed by atoms with Gasteiger partial charge in [0.2, 0.25) is 0 Å². The predicted molar refractivity (Wildman–Crippen MR) is 64.3 cm³/mol. The first-order chi connectivity index (χ1) is 7.78. The van der Waals surface area contributed by atoms with E-state index in [1.807, 2.05) is 0 Å². The zero-order valence-electron chi connectivity index (χ0n) is 10.6. The van der Waals surface area contributed by atoms with Crippen molar-refractivity contribution in [2.45, 2.75) is 32.4 Å². The van der Waals surface area contributed by atoms with E-state index in [4.69, 9.17) is 5.11 Å². The number of carboxylic acid groups (broad SMARTS) is 1. The third kappa shape index (κ3) is 2.64. The lowest BCUT2D eigenvalue weighted by atomic mass is 9.98. The highest BCUT2D eigenvalue weighted by Gasteiger charge is 2.35. The molecule has 0 bridgehead atoms. The van der Waals surface area contributed by atoms with Crippen molar-refractivity contribution in [2.24, 2.45) is 0 Å². The minimum atomic E-state index is -1.04. The van der Waals surface area contributed by atoms with Gasteiger partial charge in [-0.15, -0.1) is 0 Å². The molecule has 0 fully saturated rings. The minimum Gasteiger partial charge on any atom is -0.480 e. The van der Waals surface area contributed by atoms with E-state index in [1.165, 1.54) is 6.07 Å². The Morgan fingerprint density at radius 1 is 1.41 bits per heavy atom. The largest absolute Gasteiger partial charge is 0.480 e. The molecule has 0 aliphatic rings. The van der Waals surface area contributed by atoms with Crippen molar-refractivity contribution in [3.05, 3.63) is 35.6 Å². The number of hydrogen-bond donors (Lipinski definition) is 1. The van der Waals surface area contributed by atoms with Crippen molar-refractivity contribution < 1.29 is 14.3 Å². The Morgan fingerprint density at radius 3 is 2.41 bits per heavy atom. The highest BCUT2D eigenvalue weighted by atomic mass is 19.1. The van der Waals surface area contributed by atoms with Crippen molar-refractivity contribution in [1.29, 1.82) is 0 Å². The first-order valence-electron chi connectivity index (χ1n) is 5.49. The molecule has 0 amide bonds. The molecular formula is C13H18FNO2. The predicted octanol–water partition coefficient (Wildman–Crippen LogP) is 2.68. The first kappa shape index (κ1) is 13.6. The van der Waals surface area contributed by atoms with Crippen LogP contribution in [0.25, 0.3) is 0 Å². The van der Waals surface area contributed by atoms with Gasteiger partial charge < -0.3 is 5.11 Å². The highest BCUT2D eigenvalue weighted by Crippen LogP contribution is 2.27. The van der Waals surface area contributed by atoms with E-state index in [0.717, 1.165) is 0 Å². The maximum atomic E-state index is 13.6. The molecule has 1 atom stereocenters. The molecule has 0 spiro atoms. The molecule has 1 N–H and O–H groups in total. The third-order valence-electron chi connectivity index (χ3n) is 3.34. The van der Waals surface area contributed by atoms with Gasteiger partial charge in [0.25, 0.3) is 0 Å². The summed E-state index contributed by atoms with van der Waals surface area (Å²) in [7, 11) is 1.69. The first-order valence-corrected chi connectivity index (χ1v) is 5.49. The number of benzene rings is 1. The van der Waals surface area contributed by atoms with Crippen LogP contribution < -0.4 is 0 Å². The summed E-state index contributed by atoms with van der Waals surface area (Å²) in [5.41, 5.74) is -0.536. The van der Waals surface area contributed by atoms with Crippen LogP contribution in [0.2, 0.25) is 0 Å². The van der Waals surface area contributed by atoms with E-state index in [0.29, 0.717) is 5.56 Å². The molecule has 1 aromatic carbocycles. The van der Waals surface area contributed by atoms with Crippen LogP contribution in [0.5, 0.6) is 0 Å². The Bertz CT molecular complexity index is 418. The number of halogens is 1. The van der Waals surface area contributed by atoms with Gasteiger partial charge in [-0.2, -0.15) is 0 Å². The monoisotopic (exact) mass is 239 g/mol. The molecule has 4 heteroatoms. The van der Waals surface area contributed by atoms with Crippen LogP contribution in [-0.2, 0) is 4.79 Å². The number of likely N-dealkylation sites (N-methyl/N-ethyl adjacent to an activating group) is 1. The van der Waals surface area contributed by atoms with Crippen molar-refractivity contribution in [3.8, 4) is 0 Å². The summed E-state index contributed by atoms with van der Waals surface area (Å²) in [4.78, 5) is 12.8. The lowest BCUT2D eigenvalue weighted by molar-refractivity contribution is -0.149. The van der Waals surface area contributed by atoms with Crippen LogP contribution in [0.3, 0.4) is 0 Å². The number of carbonyl (C=O) groups is 1. The fourth-order valence-corrected chi connectivity index (χ4v) is 1.66. The second-order valence-electron chi connectivity index (χ2n) is 4.67. The van der Waals surface area contributed by atoms with Crippen LogP contribution >= 0.6 is 0 Å². The topological polar surface area (TPSA) is 40.5 Å². The van der Waals surface area contributed by atoms with Crippen LogP contribution in [0.1, 0.15) is 32.4 Å². The summed E-state index contributed by atoms with van der Waals surface area (Å²) in [6.07, 6.45) is 0. The molecule has 0 aliphatic carbocycles. The summed E-state index contributed by atoms with van der Waals surface area (Å²) < 4.78 is 13.6. The molecule has 0 saturated heterocycles. The smallest absolute Gasteiger partial charge is 0.323 e. The van der Waals surface area contributed by atoms with E-state index in [-0.39, 0.29) is 11.9 Å². The summed E-state index contributed by atoms with van der Waals surface area (Å²) >= 11 is 0. The number of carboxylic acids is 1. The standard InChI is InChI=1S/C13H18FNO2/c1-9(10-7-5-6-8-11(10)14)15(4)13(2,3)12(16)17/h5-9H,1-4H3,(H,16,17). The fourth-order valence-electron chi connectivity index (χ4n) is 1.66. The van der Waals surface area contributed by atoms with Gasteiger partial charge in [-0.05, 0) is 33.9 Å². The fraction of sp³-hybridized carbons (Fsp3) is 0.462. The Labute approximate surface area is 101 Å². The van der Waals surface area contributed by atoms with Crippen molar-refractivity contribution in [2.75, 3.05) is 7.05 Å². The molecule has 0 saturated carbocycles. The number of aliphatic carboxylic acids is 1. The molecule has 94 valence electrons. The molecule has 1 unspecified atom stereocenters. The van der Waals surface area contributed by atoms with E-state index in [9.17, 15) is 9.18 Å². The Kier molecular flexibility index (Phi) is 3.88. The zero-order chi connectivity index (χ0) is 13.2. The number of hydrogen-bond acceptors (Lipinski definition) is 2. The van der Waals surface area contributed by atoms with Gasteiger partial charge in [-0.25, -0.2) is 4.39 Å². The minimum absolute atomic E-state index is 0.303. The van der Waals surface area contributed by atoms with E-state index in [1.54, 1.807) is 50.9 Å². The van der Waals surface area contributed by atoms with Gasteiger partial charge in [-0.1, -0.05) is 18.2 Å². The molecule has 0 aliphatic heterocycles. The van der Waals surface area contributed by atoms with E-state index < -0.39 is 11.5 Å². The Morgan fingerprint density at radius 2 is 1.94 bits per heavy atom.